The van der Waals surface area contributed by atoms with Crippen LogP contribution in [0.5, 0.6) is 0 Å². The van der Waals surface area contributed by atoms with E-state index in [1.54, 1.807) is 7.11 Å². The van der Waals surface area contributed by atoms with Gasteiger partial charge in [0.2, 0.25) is 0 Å². The number of piperidine rings is 1. The monoisotopic (exact) mass is 170 g/mol. The number of likely N-dealkylation sites (tertiary alicyclic amines) is 1. The molecule has 12 heavy (non-hydrogen) atoms. The summed E-state index contributed by atoms with van der Waals surface area (Å²) in [5, 5.41) is 11.0. The van der Waals surface area contributed by atoms with Crippen LogP contribution < -0.4 is 10.6 Å². The molecule has 1 aliphatic heterocycles. The summed E-state index contributed by atoms with van der Waals surface area (Å²) in [5.74, 6) is 0.145. The maximum atomic E-state index is 7.19. The molecule has 0 aliphatic carbocycles. The van der Waals surface area contributed by atoms with Crippen LogP contribution >= 0.6 is 0 Å². The fraction of sp³-hybridized carbons (Fsp3) is 0.714. The zero-order valence-corrected chi connectivity index (χ0v) is 7.21. The van der Waals surface area contributed by atoms with Gasteiger partial charge in [-0.3, -0.25) is 0 Å². The highest BCUT2D eigenvalue weighted by atomic mass is 16.6. The Balaban J connectivity index is 2.39. The van der Waals surface area contributed by atoms with Crippen LogP contribution in [-0.4, -0.2) is 31.9 Å². The maximum Gasteiger partial charge on any atom is 0.341 e. The van der Waals surface area contributed by atoms with Crippen LogP contribution in [0.1, 0.15) is 12.8 Å². The molecule has 0 spiro atoms. The van der Waals surface area contributed by atoms with Gasteiger partial charge in [0.25, 0.3) is 0 Å². The fourth-order valence-electron chi connectivity index (χ4n) is 1.23. The predicted octanol–water partition coefficient (Wildman–Crippen LogP) is -0.184. The van der Waals surface area contributed by atoms with Gasteiger partial charge in [0, 0.05) is 12.8 Å². The Labute approximate surface area is 71.7 Å². The first kappa shape index (κ1) is 8.99. The SMILES string of the molecule is CON=C1CC[N+](C(=N)N)CC1. The fourth-order valence-corrected chi connectivity index (χ4v) is 1.23. The Hall–Kier alpha value is -1.10. The van der Waals surface area contributed by atoms with Crippen LogP contribution in [0.3, 0.4) is 0 Å². The molecule has 0 aromatic carbocycles. The van der Waals surface area contributed by atoms with Gasteiger partial charge in [0.1, 0.15) is 20.2 Å². The molecular weight excluding hydrogens is 156 g/mol. The van der Waals surface area contributed by atoms with E-state index in [-0.39, 0.29) is 5.96 Å². The van der Waals surface area contributed by atoms with Gasteiger partial charge in [0.05, 0.1) is 5.71 Å². The van der Waals surface area contributed by atoms with E-state index in [9.17, 15) is 0 Å². The van der Waals surface area contributed by atoms with E-state index in [0.29, 0.717) is 0 Å². The van der Waals surface area contributed by atoms with Gasteiger partial charge in [-0.05, 0) is 0 Å². The highest BCUT2D eigenvalue weighted by Gasteiger charge is 2.26. The number of nitrogens with two attached hydrogens (primary N) is 1. The van der Waals surface area contributed by atoms with Crippen LogP contribution in [0.2, 0.25) is 0 Å². The molecule has 1 saturated heterocycles. The number of nitrogens with zero attached hydrogens (tertiary/aromatic N) is 2. The Morgan fingerprint density at radius 1 is 1.58 bits per heavy atom. The molecule has 0 saturated carbocycles. The first-order chi connectivity index (χ1) is 5.74. The molecule has 1 aliphatic rings. The summed E-state index contributed by atoms with van der Waals surface area (Å²) in [5.41, 5.74) is 6.38. The van der Waals surface area contributed by atoms with Crippen molar-refractivity contribution >= 4 is 11.7 Å². The number of rotatable bonds is 1. The number of hydrogen-bond acceptors (Lipinski definition) is 3. The molecule has 3 N–H and O–H groups in total. The zero-order valence-electron chi connectivity index (χ0n) is 7.21. The number of hydrogen-bond donors (Lipinski definition) is 2. The summed E-state index contributed by atoms with van der Waals surface area (Å²) in [6.07, 6.45) is 1.68. The lowest BCUT2D eigenvalue weighted by Gasteiger charge is -2.15. The maximum absolute atomic E-state index is 7.19. The summed E-state index contributed by atoms with van der Waals surface area (Å²) in [6.45, 7) is 1.55. The Morgan fingerprint density at radius 3 is 2.58 bits per heavy atom. The molecule has 0 aromatic heterocycles. The van der Waals surface area contributed by atoms with Crippen LogP contribution in [0.25, 0.3) is 0 Å². The minimum atomic E-state index is 0.145. The summed E-state index contributed by atoms with van der Waals surface area (Å²) in [6, 6.07) is 0. The van der Waals surface area contributed by atoms with Crippen LogP contribution in [0.15, 0.2) is 5.16 Å². The summed E-state index contributed by atoms with van der Waals surface area (Å²) in [4.78, 5) is 6.49. The molecule has 5 nitrogen and oxygen atoms in total. The minimum absolute atomic E-state index is 0.145. The van der Waals surface area contributed by atoms with Crippen molar-refractivity contribution in [1.29, 1.82) is 5.41 Å². The molecule has 0 aromatic rings. The summed E-state index contributed by atoms with van der Waals surface area (Å²) >= 11 is 0. The summed E-state index contributed by atoms with van der Waals surface area (Å²) < 4.78 is 0. The molecule has 0 unspecified atom stereocenters. The van der Waals surface area contributed by atoms with Crippen LogP contribution in [-0.2, 0) is 4.84 Å². The smallest absolute Gasteiger partial charge is 0.341 e. The third-order valence-electron chi connectivity index (χ3n) is 1.90. The van der Waals surface area contributed by atoms with Gasteiger partial charge in [-0.1, -0.05) is 5.16 Å². The van der Waals surface area contributed by atoms with Crippen molar-refractivity contribution < 1.29 is 4.84 Å². The Morgan fingerprint density at radius 2 is 2.17 bits per heavy atom. The van der Waals surface area contributed by atoms with E-state index >= 15 is 0 Å². The molecule has 1 rings (SSSR count). The lowest BCUT2D eigenvalue weighted by Crippen LogP contribution is -2.47. The van der Waals surface area contributed by atoms with Crippen molar-refractivity contribution in [3.63, 3.8) is 0 Å². The molecule has 0 atom stereocenters. The van der Waals surface area contributed by atoms with E-state index < -0.39 is 0 Å². The normalized spacial score (nSPS) is 18.9. The molecule has 0 bridgehead atoms. The molecule has 1 heterocycles. The third kappa shape index (κ3) is 2.20. The molecule has 5 heteroatoms. The van der Waals surface area contributed by atoms with Crippen molar-refractivity contribution in [1.82, 2.24) is 4.90 Å². The van der Waals surface area contributed by atoms with Crippen molar-refractivity contribution in [2.45, 2.75) is 12.8 Å². The van der Waals surface area contributed by atoms with Gasteiger partial charge in [-0.25, -0.2) is 5.41 Å². The molecular formula is C7H14N4O+. The summed E-state index contributed by atoms with van der Waals surface area (Å²) in [7, 11) is 1.55. The van der Waals surface area contributed by atoms with Crippen molar-refractivity contribution in [2.75, 3.05) is 20.2 Å². The largest absolute Gasteiger partial charge is 0.399 e. The average Bonchev–Trinajstić information content (AvgIpc) is 2.06. The van der Waals surface area contributed by atoms with Gasteiger partial charge in [-0.15, -0.1) is 4.90 Å². The number of nitrogens with one attached hydrogen (secondary N) is 1. The second kappa shape index (κ2) is 4.06. The zero-order chi connectivity index (χ0) is 8.97. The molecule has 1 radical (unpaired) electrons. The highest BCUT2D eigenvalue weighted by molar-refractivity contribution is 5.87. The Kier molecular flexibility index (Phi) is 3.04. The van der Waals surface area contributed by atoms with E-state index in [1.807, 2.05) is 4.90 Å². The van der Waals surface area contributed by atoms with E-state index in [4.69, 9.17) is 11.1 Å². The van der Waals surface area contributed by atoms with Gasteiger partial charge in [0.15, 0.2) is 0 Å². The van der Waals surface area contributed by atoms with Crippen molar-refractivity contribution in [2.24, 2.45) is 10.9 Å². The molecule has 0 amide bonds. The number of guanidine groups is 1. The number of oxime groups is 1. The van der Waals surface area contributed by atoms with Crippen molar-refractivity contribution in [3.8, 4) is 0 Å². The highest BCUT2D eigenvalue weighted by Crippen LogP contribution is 2.04. The third-order valence-corrected chi connectivity index (χ3v) is 1.90. The van der Waals surface area contributed by atoms with Gasteiger partial charge in [-0.2, -0.15) is 0 Å². The average molecular weight is 170 g/mol. The first-order valence-corrected chi connectivity index (χ1v) is 3.92. The predicted molar refractivity (Wildman–Crippen MR) is 47.5 cm³/mol. The van der Waals surface area contributed by atoms with Crippen LogP contribution in [0, 0.1) is 5.41 Å². The first-order valence-electron chi connectivity index (χ1n) is 3.92. The lowest BCUT2D eigenvalue weighted by molar-refractivity contribution is 0.210. The lowest BCUT2D eigenvalue weighted by atomic mass is 10.1. The van der Waals surface area contributed by atoms with E-state index in [2.05, 4.69) is 9.99 Å². The topological polar surface area (TPSA) is 77.4 Å². The van der Waals surface area contributed by atoms with E-state index in [0.717, 1.165) is 31.6 Å². The molecule has 1 fully saturated rings. The second-order valence-corrected chi connectivity index (χ2v) is 2.71. The van der Waals surface area contributed by atoms with Crippen molar-refractivity contribution in [3.05, 3.63) is 0 Å². The second-order valence-electron chi connectivity index (χ2n) is 2.71. The van der Waals surface area contributed by atoms with Gasteiger partial charge >= 0.3 is 5.96 Å². The standard InChI is InChI=1S/C7H14N4O/c1-12-10-6-2-4-11(5-3-6)7(8)9/h2-5H2,1H3,(H3,8,9)/q+1. The quantitative estimate of drug-likeness (QED) is 0.248. The Bertz CT molecular complexity index is 192. The van der Waals surface area contributed by atoms with Crippen LogP contribution in [0.4, 0.5) is 0 Å². The van der Waals surface area contributed by atoms with Gasteiger partial charge < -0.3 is 10.6 Å². The van der Waals surface area contributed by atoms with E-state index in [1.165, 1.54) is 0 Å². The minimum Gasteiger partial charge on any atom is -0.399 e. The molecule has 67 valence electrons.